The molecule has 1 amide bonds. The quantitative estimate of drug-likeness (QED) is 0.870. The lowest BCUT2D eigenvalue weighted by Gasteiger charge is -2.34. The van der Waals surface area contributed by atoms with Gasteiger partial charge in [0.25, 0.3) is 5.91 Å². The smallest absolute Gasteiger partial charge is 0.264 e. The minimum atomic E-state index is -0.374. The van der Waals surface area contributed by atoms with Gasteiger partial charge in [-0.3, -0.25) is 4.79 Å². The second kappa shape index (κ2) is 5.81. The number of hydrogen-bond donors (Lipinski definition) is 1. The monoisotopic (exact) mass is 276 g/mol. The van der Waals surface area contributed by atoms with Gasteiger partial charge in [-0.05, 0) is 18.7 Å². The first-order valence-corrected chi connectivity index (χ1v) is 7.07. The highest BCUT2D eigenvalue weighted by atomic mass is 16.5. The van der Waals surface area contributed by atoms with E-state index in [0.29, 0.717) is 26.1 Å². The van der Waals surface area contributed by atoms with E-state index < -0.39 is 0 Å². The molecule has 0 bridgehead atoms. The van der Waals surface area contributed by atoms with E-state index in [1.54, 1.807) is 0 Å². The third kappa shape index (κ3) is 2.64. The lowest BCUT2D eigenvalue weighted by Crippen LogP contribution is -2.52. The standard InChI is InChI=1S/C15H20N2O3/c1-16-9-12-10-17(6-7-19-12)15(18)14-8-11-4-2-3-5-13(11)20-14/h2-5,12,14,16H,6-10H2,1H3. The van der Waals surface area contributed by atoms with Crippen molar-refractivity contribution in [3.05, 3.63) is 29.8 Å². The molecule has 1 saturated heterocycles. The zero-order chi connectivity index (χ0) is 13.9. The lowest BCUT2D eigenvalue weighted by molar-refractivity contribution is -0.145. The average molecular weight is 276 g/mol. The first kappa shape index (κ1) is 13.4. The van der Waals surface area contributed by atoms with Gasteiger partial charge in [0.15, 0.2) is 6.10 Å². The maximum absolute atomic E-state index is 12.5. The number of benzene rings is 1. The molecule has 2 unspecified atom stereocenters. The maximum atomic E-state index is 12.5. The zero-order valence-electron chi connectivity index (χ0n) is 11.7. The number of likely N-dealkylation sites (N-methyl/N-ethyl adjacent to an activating group) is 1. The van der Waals surface area contributed by atoms with Crippen LogP contribution in [0.5, 0.6) is 5.75 Å². The summed E-state index contributed by atoms with van der Waals surface area (Å²) in [5.41, 5.74) is 1.12. The number of morpholine rings is 1. The van der Waals surface area contributed by atoms with Crippen molar-refractivity contribution < 1.29 is 14.3 Å². The van der Waals surface area contributed by atoms with Crippen LogP contribution in [0.3, 0.4) is 0 Å². The van der Waals surface area contributed by atoms with Gasteiger partial charge in [0.1, 0.15) is 5.75 Å². The highest BCUT2D eigenvalue weighted by Crippen LogP contribution is 2.29. The van der Waals surface area contributed by atoms with Crippen LogP contribution in [0.25, 0.3) is 0 Å². The number of carbonyl (C=O) groups excluding carboxylic acids is 1. The van der Waals surface area contributed by atoms with Gasteiger partial charge in [-0.2, -0.15) is 0 Å². The van der Waals surface area contributed by atoms with E-state index in [1.807, 2.05) is 36.2 Å². The number of fused-ring (bicyclic) bond motifs is 1. The molecular formula is C15H20N2O3. The highest BCUT2D eigenvalue weighted by Gasteiger charge is 2.34. The summed E-state index contributed by atoms with van der Waals surface area (Å²) in [6.07, 6.45) is 0.366. The molecule has 2 aliphatic rings. The number of amides is 1. The summed E-state index contributed by atoms with van der Waals surface area (Å²) >= 11 is 0. The van der Waals surface area contributed by atoms with Gasteiger partial charge >= 0.3 is 0 Å². The third-order valence-electron chi connectivity index (χ3n) is 3.80. The molecule has 2 aliphatic heterocycles. The number of para-hydroxylation sites is 1. The SMILES string of the molecule is CNCC1CN(C(=O)C2Cc3ccccc3O2)CCO1. The van der Waals surface area contributed by atoms with E-state index in [1.165, 1.54) is 0 Å². The van der Waals surface area contributed by atoms with Crippen LogP contribution in [0, 0.1) is 0 Å². The van der Waals surface area contributed by atoms with Crippen LogP contribution in [0.4, 0.5) is 0 Å². The normalized spacial score (nSPS) is 25.1. The summed E-state index contributed by atoms with van der Waals surface area (Å²) < 4.78 is 11.4. The van der Waals surface area contributed by atoms with Gasteiger partial charge in [0.05, 0.1) is 12.7 Å². The van der Waals surface area contributed by atoms with Gasteiger partial charge < -0.3 is 19.7 Å². The molecule has 20 heavy (non-hydrogen) atoms. The van der Waals surface area contributed by atoms with Gasteiger partial charge in [-0.25, -0.2) is 0 Å². The lowest BCUT2D eigenvalue weighted by atomic mass is 10.1. The molecule has 0 saturated carbocycles. The Balaban J connectivity index is 1.63. The topological polar surface area (TPSA) is 50.8 Å². The Morgan fingerprint density at radius 1 is 1.45 bits per heavy atom. The second-order valence-electron chi connectivity index (χ2n) is 5.25. The molecule has 0 aliphatic carbocycles. The molecule has 1 aromatic carbocycles. The summed E-state index contributed by atoms with van der Waals surface area (Å²) in [6.45, 7) is 2.64. The summed E-state index contributed by atoms with van der Waals surface area (Å²) in [6, 6.07) is 7.85. The van der Waals surface area contributed by atoms with Gasteiger partial charge in [-0.15, -0.1) is 0 Å². The fourth-order valence-electron chi connectivity index (χ4n) is 2.79. The molecule has 108 valence electrons. The van der Waals surface area contributed by atoms with Gasteiger partial charge in [0.2, 0.25) is 0 Å². The molecule has 0 spiro atoms. The Kier molecular flexibility index (Phi) is 3.89. The van der Waals surface area contributed by atoms with Crippen molar-refractivity contribution in [3.63, 3.8) is 0 Å². The van der Waals surface area contributed by atoms with Crippen molar-refractivity contribution in [2.75, 3.05) is 33.3 Å². The molecule has 5 nitrogen and oxygen atoms in total. The Hall–Kier alpha value is -1.59. The number of carbonyl (C=O) groups is 1. The molecule has 1 aromatic rings. The predicted octanol–water partition coefficient (Wildman–Crippen LogP) is 0.437. The Morgan fingerprint density at radius 2 is 2.30 bits per heavy atom. The largest absolute Gasteiger partial charge is 0.480 e. The number of ether oxygens (including phenoxy) is 2. The molecular weight excluding hydrogens is 256 g/mol. The number of nitrogens with zero attached hydrogens (tertiary/aromatic N) is 1. The van der Waals surface area contributed by atoms with Crippen molar-refractivity contribution >= 4 is 5.91 Å². The van der Waals surface area contributed by atoms with E-state index in [4.69, 9.17) is 9.47 Å². The van der Waals surface area contributed by atoms with Crippen LogP contribution in [0.2, 0.25) is 0 Å². The highest BCUT2D eigenvalue weighted by molar-refractivity contribution is 5.82. The minimum Gasteiger partial charge on any atom is -0.480 e. The fraction of sp³-hybridized carbons (Fsp3) is 0.533. The Morgan fingerprint density at radius 3 is 3.10 bits per heavy atom. The van der Waals surface area contributed by atoms with Crippen LogP contribution < -0.4 is 10.1 Å². The molecule has 0 radical (unpaired) electrons. The Bertz CT molecular complexity index is 465. The molecule has 5 heteroatoms. The van der Waals surface area contributed by atoms with E-state index in [9.17, 15) is 4.79 Å². The Labute approximate surface area is 118 Å². The summed E-state index contributed by atoms with van der Waals surface area (Å²) in [5, 5.41) is 3.09. The average Bonchev–Trinajstić information content (AvgIpc) is 2.91. The van der Waals surface area contributed by atoms with Crippen molar-refractivity contribution in [3.8, 4) is 5.75 Å². The van der Waals surface area contributed by atoms with Crippen LogP contribution in [0.1, 0.15) is 5.56 Å². The predicted molar refractivity (Wildman–Crippen MR) is 74.8 cm³/mol. The van der Waals surface area contributed by atoms with Crippen LogP contribution in [-0.4, -0.2) is 56.3 Å². The minimum absolute atomic E-state index is 0.0708. The van der Waals surface area contributed by atoms with Crippen molar-refractivity contribution in [2.24, 2.45) is 0 Å². The van der Waals surface area contributed by atoms with Crippen LogP contribution in [0.15, 0.2) is 24.3 Å². The van der Waals surface area contributed by atoms with Crippen LogP contribution >= 0.6 is 0 Å². The molecule has 1 fully saturated rings. The van der Waals surface area contributed by atoms with E-state index >= 15 is 0 Å². The summed E-state index contributed by atoms with van der Waals surface area (Å²) in [7, 11) is 1.89. The zero-order valence-corrected chi connectivity index (χ0v) is 11.7. The maximum Gasteiger partial charge on any atom is 0.264 e. The van der Waals surface area contributed by atoms with E-state index in [0.717, 1.165) is 17.9 Å². The first-order valence-electron chi connectivity index (χ1n) is 7.07. The molecule has 2 heterocycles. The van der Waals surface area contributed by atoms with E-state index in [-0.39, 0.29) is 18.1 Å². The van der Waals surface area contributed by atoms with Crippen LogP contribution in [-0.2, 0) is 16.0 Å². The molecule has 3 rings (SSSR count). The number of rotatable bonds is 3. The fourth-order valence-corrected chi connectivity index (χ4v) is 2.79. The first-order chi connectivity index (χ1) is 9.78. The van der Waals surface area contributed by atoms with E-state index in [2.05, 4.69) is 5.32 Å². The number of hydrogen-bond acceptors (Lipinski definition) is 4. The molecule has 0 aromatic heterocycles. The second-order valence-corrected chi connectivity index (χ2v) is 5.25. The van der Waals surface area contributed by atoms with Crippen molar-refractivity contribution in [1.82, 2.24) is 10.2 Å². The summed E-state index contributed by atoms with van der Waals surface area (Å²) in [4.78, 5) is 14.4. The third-order valence-corrected chi connectivity index (χ3v) is 3.80. The summed E-state index contributed by atoms with van der Waals surface area (Å²) in [5.74, 6) is 0.913. The van der Waals surface area contributed by atoms with Crippen molar-refractivity contribution in [1.29, 1.82) is 0 Å². The van der Waals surface area contributed by atoms with Gasteiger partial charge in [0, 0.05) is 26.1 Å². The van der Waals surface area contributed by atoms with Gasteiger partial charge in [-0.1, -0.05) is 18.2 Å². The number of nitrogens with one attached hydrogen (secondary N) is 1. The van der Waals surface area contributed by atoms with Crippen molar-refractivity contribution in [2.45, 2.75) is 18.6 Å². The molecule has 1 N–H and O–H groups in total. The molecule has 2 atom stereocenters.